The largest absolute Gasteiger partial charge is 0.491 e. The van der Waals surface area contributed by atoms with Crippen LogP contribution >= 0.6 is 0 Å². The van der Waals surface area contributed by atoms with Gasteiger partial charge >= 0.3 is 0 Å². The van der Waals surface area contributed by atoms with E-state index < -0.39 is 0 Å². The predicted octanol–water partition coefficient (Wildman–Crippen LogP) is 2.86. The van der Waals surface area contributed by atoms with E-state index in [2.05, 4.69) is 17.6 Å². The lowest BCUT2D eigenvalue weighted by molar-refractivity contribution is -0.118. The molecule has 1 aromatic carbocycles. The minimum atomic E-state index is -0.0796. The zero-order chi connectivity index (χ0) is 14.4. The van der Waals surface area contributed by atoms with Crippen molar-refractivity contribution in [2.45, 2.75) is 45.6 Å². The first kappa shape index (κ1) is 14.9. The van der Waals surface area contributed by atoms with Crippen LogP contribution in [0.2, 0.25) is 0 Å². The highest BCUT2D eigenvalue weighted by Gasteiger charge is 2.21. The van der Waals surface area contributed by atoms with Gasteiger partial charge in [-0.25, -0.2) is 0 Å². The summed E-state index contributed by atoms with van der Waals surface area (Å²) in [5.74, 6) is 0.797. The Morgan fingerprint density at radius 3 is 3.00 bits per heavy atom. The number of benzene rings is 1. The molecule has 1 atom stereocenters. The van der Waals surface area contributed by atoms with Crippen LogP contribution in [0.3, 0.4) is 0 Å². The molecule has 1 fully saturated rings. The Hall–Kier alpha value is -1.55. The number of amides is 1. The zero-order valence-corrected chi connectivity index (χ0v) is 12.4. The predicted molar refractivity (Wildman–Crippen MR) is 81.2 cm³/mol. The molecule has 0 saturated carbocycles. The molecule has 4 nitrogen and oxygen atoms in total. The van der Waals surface area contributed by atoms with Crippen molar-refractivity contribution in [3.8, 4) is 5.75 Å². The van der Waals surface area contributed by atoms with Gasteiger partial charge in [-0.1, -0.05) is 19.4 Å². The van der Waals surface area contributed by atoms with E-state index in [-0.39, 0.29) is 11.9 Å². The molecule has 110 valence electrons. The zero-order valence-electron chi connectivity index (χ0n) is 12.4. The van der Waals surface area contributed by atoms with Crippen LogP contribution in [-0.4, -0.2) is 25.1 Å². The fourth-order valence-corrected chi connectivity index (χ4v) is 2.36. The summed E-state index contributed by atoms with van der Waals surface area (Å²) in [5.41, 5.74) is 1.89. The monoisotopic (exact) mass is 276 g/mol. The third kappa shape index (κ3) is 3.97. The summed E-state index contributed by atoms with van der Waals surface area (Å²) >= 11 is 0. The summed E-state index contributed by atoms with van der Waals surface area (Å²) in [4.78, 5) is 12.2. The molecule has 0 radical (unpaired) electrons. The van der Waals surface area contributed by atoms with E-state index in [1.54, 1.807) is 0 Å². The highest BCUT2D eigenvalue weighted by Crippen LogP contribution is 2.26. The molecular weight excluding hydrogens is 252 g/mol. The maximum atomic E-state index is 12.2. The Morgan fingerprint density at radius 2 is 2.30 bits per heavy atom. The van der Waals surface area contributed by atoms with Crippen LogP contribution in [0, 0.1) is 6.92 Å². The van der Waals surface area contributed by atoms with E-state index >= 15 is 0 Å². The molecule has 1 amide bonds. The van der Waals surface area contributed by atoms with Gasteiger partial charge in [-0.15, -0.1) is 0 Å². The van der Waals surface area contributed by atoms with Crippen molar-refractivity contribution in [2.75, 3.05) is 18.5 Å². The molecule has 0 aromatic heterocycles. The SMILES string of the molecule is CCCOc1cc(C)ccc1NC(=O)C1CCCCN1. The van der Waals surface area contributed by atoms with Crippen molar-refractivity contribution in [3.05, 3.63) is 23.8 Å². The van der Waals surface area contributed by atoms with Crippen molar-refractivity contribution in [1.29, 1.82) is 0 Å². The normalized spacial score (nSPS) is 18.6. The van der Waals surface area contributed by atoms with Crippen LogP contribution in [0.4, 0.5) is 5.69 Å². The molecule has 1 aliphatic heterocycles. The summed E-state index contributed by atoms with van der Waals surface area (Å²) < 4.78 is 5.72. The number of hydrogen-bond donors (Lipinski definition) is 2. The van der Waals surface area contributed by atoms with Crippen molar-refractivity contribution >= 4 is 11.6 Å². The lowest BCUT2D eigenvalue weighted by Gasteiger charge is -2.23. The number of carbonyl (C=O) groups excluding carboxylic acids is 1. The Bertz CT molecular complexity index is 454. The molecule has 0 aliphatic carbocycles. The highest BCUT2D eigenvalue weighted by molar-refractivity contribution is 5.96. The molecule has 1 saturated heterocycles. The fourth-order valence-electron chi connectivity index (χ4n) is 2.36. The maximum Gasteiger partial charge on any atom is 0.241 e. The van der Waals surface area contributed by atoms with Crippen molar-refractivity contribution < 1.29 is 9.53 Å². The molecule has 1 unspecified atom stereocenters. The van der Waals surface area contributed by atoms with Crippen LogP contribution in [-0.2, 0) is 4.79 Å². The van der Waals surface area contributed by atoms with Gasteiger partial charge in [0, 0.05) is 0 Å². The quantitative estimate of drug-likeness (QED) is 0.869. The van der Waals surface area contributed by atoms with Gasteiger partial charge in [0.25, 0.3) is 0 Å². The number of carbonyl (C=O) groups is 1. The average Bonchev–Trinajstić information content (AvgIpc) is 2.48. The second-order valence-corrected chi connectivity index (χ2v) is 5.34. The summed E-state index contributed by atoms with van der Waals surface area (Å²) in [6, 6.07) is 5.80. The Labute approximate surface area is 120 Å². The summed E-state index contributed by atoms with van der Waals surface area (Å²) in [6.07, 6.45) is 4.12. The van der Waals surface area contributed by atoms with Gasteiger partial charge in [0.2, 0.25) is 5.91 Å². The van der Waals surface area contributed by atoms with E-state index in [1.165, 1.54) is 0 Å². The Morgan fingerprint density at radius 1 is 1.45 bits per heavy atom. The van der Waals surface area contributed by atoms with E-state index in [1.807, 2.05) is 25.1 Å². The molecule has 20 heavy (non-hydrogen) atoms. The Balaban J connectivity index is 2.05. The maximum absolute atomic E-state index is 12.2. The molecule has 2 rings (SSSR count). The van der Waals surface area contributed by atoms with Gasteiger partial charge < -0.3 is 15.4 Å². The first-order valence-corrected chi connectivity index (χ1v) is 7.48. The third-order valence-electron chi connectivity index (χ3n) is 3.48. The number of piperidine rings is 1. The first-order valence-electron chi connectivity index (χ1n) is 7.48. The number of aryl methyl sites for hydroxylation is 1. The van der Waals surface area contributed by atoms with E-state index in [0.717, 1.165) is 49.2 Å². The second kappa shape index (κ2) is 7.29. The third-order valence-corrected chi connectivity index (χ3v) is 3.48. The van der Waals surface area contributed by atoms with Crippen LogP contribution in [0.1, 0.15) is 38.2 Å². The summed E-state index contributed by atoms with van der Waals surface area (Å²) in [7, 11) is 0. The number of nitrogens with one attached hydrogen (secondary N) is 2. The molecule has 4 heteroatoms. The Kier molecular flexibility index (Phi) is 5.41. The number of rotatable bonds is 5. The summed E-state index contributed by atoms with van der Waals surface area (Å²) in [5, 5.41) is 6.25. The topological polar surface area (TPSA) is 50.4 Å². The summed E-state index contributed by atoms with van der Waals surface area (Å²) in [6.45, 7) is 5.67. The molecular formula is C16H24N2O2. The molecule has 1 aromatic rings. The van der Waals surface area contributed by atoms with Crippen LogP contribution in [0.25, 0.3) is 0 Å². The average molecular weight is 276 g/mol. The minimum Gasteiger partial charge on any atom is -0.491 e. The van der Waals surface area contributed by atoms with Gasteiger partial charge in [0.15, 0.2) is 0 Å². The van der Waals surface area contributed by atoms with Crippen LogP contribution in [0.5, 0.6) is 5.75 Å². The lowest BCUT2D eigenvalue weighted by atomic mass is 10.0. The van der Waals surface area contributed by atoms with E-state index in [0.29, 0.717) is 6.61 Å². The smallest absolute Gasteiger partial charge is 0.241 e. The standard InChI is InChI=1S/C16H24N2O2/c1-3-10-20-15-11-12(2)7-8-13(15)18-16(19)14-6-4-5-9-17-14/h7-8,11,14,17H,3-6,9-10H2,1-2H3,(H,18,19). The lowest BCUT2D eigenvalue weighted by Crippen LogP contribution is -2.43. The fraction of sp³-hybridized carbons (Fsp3) is 0.562. The minimum absolute atomic E-state index is 0.0369. The van der Waals surface area contributed by atoms with Crippen LogP contribution < -0.4 is 15.4 Å². The molecule has 1 heterocycles. The molecule has 1 aliphatic rings. The van der Waals surface area contributed by atoms with Crippen molar-refractivity contribution in [1.82, 2.24) is 5.32 Å². The van der Waals surface area contributed by atoms with E-state index in [4.69, 9.17) is 4.74 Å². The molecule has 0 spiro atoms. The van der Waals surface area contributed by atoms with Gasteiger partial charge in [0.1, 0.15) is 5.75 Å². The van der Waals surface area contributed by atoms with Gasteiger partial charge in [-0.2, -0.15) is 0 Å². The van der Waals surface area contributed by atoms with Gasteiger partial charge in [0.05, 0.1) is 18.3 Å². The van der Waals surface area contributed by atoms with E-state index in [9.17, 15) is 4.79 Å². The van der Waals surface area contributed by atoms with Crippen LogP contribution in [0.15, 0.2) is 18.2 Å². The molecule has 0 bridgehead atoms. The number of ether oxygens (including phenoxy) is 1. The first-order chi connectivity index (χ1) is 9.70. The van der Waals surface area contributed by atoms with Crippen molar-refractivity contribution in [2.24, 2.45) is 0 Å². The van der Waals surface area contributed by atoms with Gasteiger partial charge in [-0.3, -0.25) is 4.79 Å². The van der Waals surface area contributed by atoms with Crippen molar-refractivity contribution in [3.63, 3.8) is 0 Å². The number of anilines is 1. The number of hydrogen-bond acceptors (Lipinski definition) is 3. The molecule has 2 N–H and O–H groups in total. The highest BCUT2D eigenvalue weighted by atomic mass is 16.5. The van der Waals surface area contributed by atoms with Gasteiger partial charge in [-0.05, 0) is 50.4 Å². The second-order valence-electron chi connectivity index (χ2n) is 5.34.